The van der Waals surface area contributed by atoms with E-state index in [1.165, 1.54) is 30.6 Å². The average molecular weight is 392 g/mol. The first-order valence-electron chi connectivity index (χ1n) is 9.01. The number of benzene rings is 1. The van der Waals surface area contributed by atoms with Gasteiger partial charge in [-0.3, -0.25) is 15.6 Å². The monoisotopic (exact) mass is 391 g/mol. The van der Waals surface area contributed by atoms with E-state index < -0.39 is 6.04 Å². The fourth-order valence-corrected chi connectivity index (χ4v) is 4.30. The van der Waals surface area contributed by atoms with E-state index >= 15 is 0 Å². The number of nitrogens with one attached hydrogen (secondary N) is 4. The summed E-state index contributed by atoms with van der Waals surface area (Å²) in [7, 11) is 0. The number of hydrogen-bond donors (Lipinski definition) is 4. The second-order valence-corrected chi connectivity index (χ2v) is 8.25. The molecule has 2 aromatic rings. The van der Waals surface area contributed by atoms with Crippen LogP contribution in [0.2, 0.25) is 0 Å². The first-order valence-corrected chi connectivity index (χ1v) is 10.2. The van der Waals surface area contributed by atoms with Crippen LogP contribution in [0.5, 0.6) is 0 Å². The molecule has 3 atom stereocenters. The number of carbonyl (C=O) groups is 1. The quantitative estimate of drug-likeness (QED) is 0.474. The number of rotatable bonds is 4. The Morgan fingerprint density at radius 1 is 1.27 bits per heavy atom. The lowest BCUT2D eigenvalue weighted by Crippen LogP contribution is -2.54. The minimum atomic E-state index is -0.431. The number of hydrogen-bond acceptors (Lipinski definition) is 5. The summed E-state index contributed by atoms with van der Waals surface area (Å²) in [5.74, 6) is 0.406. The number of carbonyl (C=O) groups excluding carboxylic acids is 1. The van der Waals surface area contributed by atoms with Crippen LogP contribution in [0.15, 0.2) is 24.3 Å². The van der Waals surface area contributed by atoms with E-state index in [9.17, 15) is 4.79 Å². The van der Waals surface area contributed by atoms with E-state index in [1.54, 1.807) is 6.92 Å². The Labute approximate surface area is 163 Å². The van der Waals surface area contributed by atoms with Gasteiger partial charge in [-0.25, -0.2) is 4.98 Å². The average Bonchev–Trinajstić information content (AvgIpc) is 3.03. The van der Waals surface area contributed by atoms with Crippen molar-refractivity contribution in [3.05, 3.63) is 24.3 Å². The summed E-state index contributed by atoms with van der Waals surface area (Å²) in [5.41, 5.74) is 6.40. The van der Waals surface area contributed by atoms with Crippen molar-refractivity contribution in [3.63, 3.8) is 0 Å². The number of aromatic nitrogens is 1. The fraction of sp³-hybridized carbons (Fsp3) is 0.500. The molecular formula is C18H25N5OS2. The minimum absolute atomic E-state index is 0.190. The van der Waals surface area contributed by atoms with Crippen molar-refractivity contribution in [2.24, 2.45) is 5.92 Å². The van der Waals surface area contributed by atoms with E-state index in [0.29, 0.717) is 17.1 Å². The van der Waals surface area contributed by atoms with Crippen LogP contribution in [0.25, 0.3) is 10.2 Å². The molecule has 0 saturated heterocycles. The molecule has 1 saturated carbocycles. The Hall–Kier alpha value is -1.93. The Balaban J connectivity index is 1.45. The van der Waals surface area contributed by atoms with Crippen LogP contribution in [0.4, 0.5) is 5.13 Å². The molecule has 0 unspecified atom stereocenters. The standard InChI is InChI=1S/C18H25N5OS2/c1-11-7-3-4-8-13(11)20-17(25)23-22-16(24)12(2)19-18-21-14-9-5-6-10-15(14)26-18/h5-6,9-13H,3-4,7-8H2,1-2H3,(H,19,21)(H,22,24)(H2,20,23,25)/t11-,12-,13-/m1/s1. The highest BCUT2D eigenvalue weighted by Crippen LogP contribution is 2.26. The van der Waals surface area contributed by atoms with Gasteiger partial charge in [0, 0.05) is 6.04 Å². The van der Waals surface area contributed by atoms with Crippen molar-refractivity contribution < 1.29 is 4.79 Å². The molecule has 0 spiro atoms. The third-order valence-corrected chi connectivity index (χ3v) is 5.94. The van der Waals surface area contributed by atoms with Gasteiger partial charge in [0.05, 0.1) is 10.2 Å². The lowest BCUT2D eigenvalue weighted by Gasteiger charge is -2.30. The van der Waals surface area contributed by atoms with E-state index in [4.69, 9.17) is 12.2 Å². The molecule has 0 aliphatic heterocycles. The van der Waals surface area contributed by atoms with Crippen molar-refractivity contribution in [2.45, 2.75) is 51.6 Å². The summed E-state index contributed by atoms with van der Waals surface area (Å²) in [4.78, 5) is 16.8. The van der Waals surface area contributed by atoms with Crippen LogP contribution in [-0.2, 0) is 4.79 Å². The van der Waals surface area contributed by atoms with Crippen molar-refractivity contribution in [1.82, 2.24) is 21.2 Å². The van der Waals surface area contributed by atoms with Crippen LogP contribution in [0.1, 0.15) is 39.5 Å². The van der Waals surface area contributed by atoms with Crippen LogP contribution in [0, 0.1) is 5.92 Å². The number of fused-ring (bicyclic) bond motifs is 1. The van der Waals surface area contributed by atoms with Gasteiger partial charge in [-0.15, -0.1) is 0 Å². The first-order chi connectivity index (χ1) is 12.5. The van der Waals surface area contributed by atoms with Crippen molar-refractivity contribution in [3.8, 4) is 0 Å². The number of anilines is 1. The molecule has 0 radical (unpaired) electrons. The van der Waals surface area contributed by atoms with E-state index in [-0.39, 0.29) is 5.91 Å². The summed E-state index contributed by atoms with van der Waals surface area (Å²) < 4.78 is 1.09. The predicted octanol–water partition coefficient (Wildman–Crippen LogP) is 3.17. The lowest BCUT2D eigenvalue weighted by molar-refractivity contribution is -0.122. The second kappa shape index (κ2) is 8.64. The second-order valence-electron chi connectivity index (χ2n) is 6.81. The number of nitrogens with zero attached hydrogens (tertiary/aromatic N) is 1. The molecular weight excluding hydrogens is 366 g/mol. The van der Waals surface area contributed by atoms with Crippen molar-refractivity contribution >= 4 is 49.9 Å². The van der Waals surface area contributed by atoms with Crippen molar-refractivity contribution in [1.29, 1.82) is 0 Å². The van der Waals surface area contributed by atoms with E-state index in [0.717, 1.165) is 21.8 Å². The lowest BCUT2D eigenvalue weighted by atomic mass is 9.86. The molecule has 1 fully saturated rings. The van der Waals surface area contributed by atoms with Gasteiger partial charge in [0.15, 0.2) is 10.2 Å². The van der Waals surface area contributed by atoms with Gasteiger partial charge in [-0.1, -0.05) is 43.2 Å². The largest absolute Gasteiger partial charge is 0.358 e. The molecule has 1 amide bonds. The molecule has 1 aliphatic rings. The topological polar surface area (TPSA) is 78.1 Å². The normalized spacial score (nSPS) is 21.0. The number of thiazole rings is 1. The maximum absolute atomic E-state index is 12.3. The summed E-state index contributed by atoms with van der Waals surface area (Å²) >= 11 is 6.83. The fourth-order valence-electron chi connectivity index (χ4n) is 3.15. The highest BCUT2D eigenvalue weighted by molar-refractivity contribution is 7.80. The minimum Gasteiger partial charge on any atom is -0.358 e. The molecule has 1 heterocycles. The SMILES string of the molecule is C[C@@H]1CCCC[C@H]1NC(=S)NNC(=O)[C@@H](C)Nc1nc2ccccc2s1. The number of thiocarbonyl (C=S) groups is 1. The molecule has 8 heteroatoms. The van der Waals surface area contributed by atoms with Gasteiger partial charge >= 0.3 is 0 Å². The predicted molar refractivity (Wildman–Crippen MR) is 111 cm³/mol. The van der Waals surface area contributed by atoms with Gasteiger partial charge in [-0.2, -0.15) is 0 Å². The summed E-state index contributed by atoms with van der Waals surface area (Å²) in [6.07, 6.45) is 4.84. The van der Waals surface area contributed by atoms with Crippen LogP contribution >= 0.6 is 23.6 Å². The molecule has 1 aromatic carbocycles. The zero-order chi connectivity index (χ0) is 18.5. The molecule has 26 heavy (non-hydrogen) atoms. The molecule has 1 aromatic heterocycles. The summed E-state index contributed by atoms with van der Waals surface area (Å²) in [6.45, 7) is 4.03. The highest BCUT2D eigenvalue weighted by atomic mass is 32.1. The highest BCUT2D eigenvalue weighted by Gasteiger charge is 2.22. The number of para-hydroxylation sites is 1. The smallest absolute Gasteiger partial charge is 0.260 e. The van der Waals surface area contributed by atoms with Gasteiger partial charge in [0.2, 0.25) is 0 Å². The maximum Gasteiger partial charge on any atom is 0.260 e. The number of hydrazine groups is 1. The zero-order valence-corrected chi connectivity index (χ0v) is 16.7. The molecule has 0 bridgehead atoms. The van der Waals surface area contributed by atoms with Gasteiger partial charge in [0.25, 0.3) is 5.91 Å². The first kappa shape index (κ1) is 18.8. The van der Waals surface area contributed by atoms with E-state index in [1.807, 2.05) is 24.3 Å². The Morgan fingerprint density at radius 3 is 2.81 bits per heavy atom. The zero-order valence-electron chi connectivity index (χ0n) is 15.0. The van der Waals surface area contributed by atoms with Crippen LogP contribution < -0.4 is 21.5 Å². The molecule has 6 nitrogen and oxygen atoms in total. The van der Waals surface area contributed by atoms with Gasteiger partial charge in [0.1, 0.15) is 6.04 Å². The number of amides is 1. The Bertz CT molecular complexity index is 745. The third-order valence-electron chi connectivity index (χ3n) is 4.75. The van der Waals surface area contributed by atoms with E-state index in [2.05, 4.69) is 33.4 Å². The summed E-state index contributed by atoms with van der Waals surface area (Å²) in [6, 6.07) is 7.84. The van der Waals surface area contributed by atoms with Crippen LogP contribution in [-0.4, -0.2) is 28.1 Å². The van der Waals surface area contributed by atoms with Crippen molar-refractivity contribution in [2.75, 3.05) is 5.32 Å². The third kappa shape index (κ3) is 4.82. The van der Waals surface area contributed by atoms with Gasteiger partial charge < -0.3 is 10.6 Å². The van der Waals surface area contributed by atoms with Crippen LogP contribution in [0.3, 0.4) is 0 Å². The molecule has 1 aliphatic carbocycles. The molecule has 140 valence electrons. The Kier molecular flexibility index (Phi) is 6.26. The molecule has 3 rings (SSSR count). The summed E-state index contributed by atoms with van der Waals surface area (Å²) in [5, 5.41) is 7.63. The van der Waals surface area contributed by atoms with Gasteiger partial charge in [-0.05, 0) is 50.0 Å². The Morgan fingerprint density at radius 2 is 2.04 bits per heavy atom. The maximum atomic E-state index is 12.3. The molecule has 4 N–H and O–H groups in total.